The molecule has 1 saturated carbocycles. The van der Waals surface area contributed by atoms with E-state index in [0.29, 0.717) is 34.3 Å². The molecule has 0 bridgehead atoms. The molecule has 6 rings (SSSR count). The number of carbonyl (C=O) groups excluding carboxylic acids is 2. The van der Waals surface area contributed by atoms with Crippen LogP contribution in [-0.4, -0.2) is 45.5 Å². The molecule has 8 nitrogen and oxygen atoms in total. The third-order valence-electron chi connectivity index (χ3n) is 6.66. The maximum absolute atomic E-state index is 13.7. The molecule has 2 aliphatic rings. The largest absolute Gasteiger partial charge is 0.375 e. The van der Waals surface area contributed by atoms with Crippen LogP contribution in [0.5, 0.6) is 0 Å². The second-order valence-corrected chi connectivity index (χ2v) is 10.0. The van der Waals surface area contributed by atoms with Crippen molar-refractivity contribution in [1.82, 2.24) is 20.4 Å². The molecule has 3 heterocycles. The lowest BCUT2D eigenvalue weighted by atomic mass is 10.1. The maximum Gasteiger partial charge on any atom is 0.274 e. The molecule has 2 aromatic heterocycles. The van der Waals surface area contributed by atoms with E-state index in [1.807, 2.05) is 48.2 Å². The highest BCUT2D eigenvalue weighted by Crippen LogP contribution is 2.49. The highest BCUT2D eigenvalue weighted by molar-refractivity contribution is 7.19. The van der Waals surface area contributed by atoms with Crippen molar-refractivity contribution < 1.29 is 14.1 Å². The molecule has 3 atom stereocenters. The van der Waals surface area contributed by atoms with Gasteiger partial charge in [0.05, 0.1) is 16.3 Å². The van der Waals surface area contributed by atoms with Crippen LogP contribution in [0, 0.1) is 12.8 Å². The fourth-order valence-corrected chi connectivity index (χ4v) is 5.81. The minimum Gasteiger partial charge on any atom is -0.375 e. The van der Waals surface area contributed by atoms with Crippen molar-refractivity contribution in [2.45, 2.75) is 31.8 Å². The number of likely N-dealkylation sites (tertiary alicyclic amines) is 1. The van der Waals surface area contributed by atoms with Crippen LogP contribution in [0.15, 0.2) is 53.1 Å². The molecule has 1 aliphatic heterocycles. The number of thiazole rings is 1. The Labute approximate surface area is 199 Å². The Balaban J connectivity index is 1.23. The van der Waals surface area contributed by atoms with Gasteiger partial charge in [0.25, 0.3) is 11.8 Å². The van der Waals surface area contributed by atoms with Crippen LogP contribution in [0.2, 0.25) is 0 Å². The summed E-state index contributed by atoms with van der Waals surface area (Å²) in [4.78, 5) is 33.6. The number of nitrogens with one attached hydrogen (secondary N) is 1. The summed E-state index contributed by atoms with van der Waals surface area (Å²) in [5.41, 5.74) is 9.28. The van der Waals surface area contributed by atoms with Gasteiger partial charge >= 0.3 is 0 Å². The number of para-hydroxylation sites is 1. The minimum absolute atomic E-state index is 0.105. The first-order valence-electron chi connectivity index (χ1n) is 11.3. The quantitative estimate of drug-likeness (QED) is 0.455. The topological polar surface area (TPSA) is 114 Å². The van der Waals surface area contributed by atoms with E-state index in [2.05, 4.69) is 15.5 Å². The van der Waals surface area contributed by atoms with Crippen LogP contribution in [0.4, 0.5) is 5.13 Å². The van der Waals surface area contributed by atoms with Gasteiger partial charge in [0.2, 0.25) is 0 Å². The number of aromatic nitrogens is 2. The molecule has 3 N–H and O–H groups in total. The molecule has 34 heavy (non-hydrogen) atoms. The van der Waals surface area contributed by atoms with Gasteiger partial charge in [-0.3, -0.25) is 9.59 Å². The molecule has 0 radical (unpaired) electrons. The summed E-state index contributed by atoms with van der Waals surface area (Å²) in [6, 6.07) is 15.3. The number of hydrogen-bond donors (Lipinski definition) is 2. The van der Waals surface area contributed by atoms with E-state index in [1.165, 1.54) is 11.3 Å². The smallest absolute Gasteiger partial charge is 0.274 e. The zero-order chi connectivity index (χ0) is 23.4. The molecule has 0 spiro atoms. The minimum atomic E-state index is -0.309. The molecular weight excluding hydrogens is 450 g/mol. The average molecular weight is 474 g/mol. The van der Waals surface area contributed by atoms with Gasteiger partial charge in [0, 0.05) is 12.6 Å². The first-order chi connectivity index (χ1) is 16.5. The normalized spacial score (nSPS) is 21.0. The number of aryl methyl sites for hydroxylation is 1. The van der Waals surface area contributed by atoms with Crippen LogP contribution >= 0.6 is 11.3 Å². The van der Waals surface area contributed by atoms with Gasteiger partial charge in [-0.25, -0.2) is 4.98 Å². The van der Waals surface area contributed by atoms with Crippen molar-refractivity contribution in [3.63, 3.8) is 0 Å². The zero-order valence-corrected chi connectivity index (χ0v) is 19.3. The van der Waals surface area contributed by atoms with Crippen molar-refractivity contribution in [1.29, 1.82) is 0 Å². The summed E-state index contributed by atoms with van der Waals surface area (Å²) in [5.74, 6) is 0.0361. The number of fused-ring (bicyclic) bond motifs is 2. The van der Waals surface area contributed by atoms with E-state index >= 15 is 0 Å². The van der Waals surface area contributed by atoms with Crippen molar-refractivity contribution in [3.8, 4) is 10.4 Å². The van der Waals surface area contributed by atoms with Crippen molar-refractivity contribution in [3.05, 3.63) is 65.5 Å². The number of carbonyl (C=O) groups is 2. The molecule has 172 valence electrons. The van der Waals surface area contributed by atoms with E-state index < -0.39 is 0 Å². The van der Waals surface area contributed by atoms with E-state index in [9.17, 15) is 9.59 Å². The fourth-order valence-electron chi connectivity index (χ4n) is 4.99. The highest BCUT2D eigenvalue weighted by Gasteiger charge is 2.54. The standard InChI is InChI=1S/C25H23N5O3S/c1-13-5-4-6-14(9-13)22-21(28-25(26)34-22)24(32)30-16(10-15-11-18(15)30)12-27-23(31)20-17-7-2-3-8-19(17)33-29-20/h2-9,15-16,18H,10-12H2,1H3,(H2,26,28)(H,27,31)/t15-,16+,18+/m1/s1. The van der Waals surface area contributed by atoms with Gasteiger partial charge in [0.1, 0.15) is 5.69 Å². The van der Waals surface area contributed by atoms with Gasteiger partial charge in [-0.1, -0.05) is 58.5 Å². The number of benzene rings is 2. The fraction of sp³-hybridized carbons (Fsp3) is 0.280. The molecule has 1 saturated heterocycles. The summed E-state index contributed by atoms with van der Waals surface area (Å²) < 4.78 is 5.25. The van der Waals surface area contributed by atoms with Gasteiger partial charge in [-0.2, -0.15) is 0 Å². The maximum atomic E-state index is 13.7. The van der Waals surface area contributed by atoms with Crippen LogP contribution in [0.25, 0.3) is 21.4 Å². The van der Waals surface area contributed by atoms with Crippen molar-refractivity contribution in [2.75, 3.05) is 12.3 Å². The van der Waals surface area contributed by atoms with Gasteiger partial charge < -0.3 is 20.5 Å². The van der Waals surface area contributed by atoms with Crippen LogP contribution in [0.1, 0.15) is 39.4 Å². The second kappa shape index (κ2) is 7.95. The molecule has 1 aliphatic carbocycles. The number of piperidine rings is 1. The van der Waals surface area contributed by atoms with E-state index in [-0.39, 0.29) is 29.6 Å². The number of nitrogen functional groups attached to an aromatic ring is 1. The average Bonchev–Trinajstić information content (AvgIpc) is 3.17. The number of nitrogens with two attached hydrogens (primary N) is 1. The monoisotopic (exact) mass is 473 g/mol. The van der Waals surface area contributed by atoms with Crippen molar-refractivity contribution >= 4 is 39.3 Å². The summed E-state index contributed by atoms with van der Waals surface area (Å²) in [5, 5.41) is 7.93. The molecule has 2 fully saturated rings. The van der Waals surface area contributed by atoms with E-state index in [4.69, 9.17) is 10.3 Å². The summed E-state index contributed by atoms with van der Waals surface area (Å²) in [7, 11) is 0. The first-order valence-corrected chi connectivity index (χ1v) is 12.1. The van der Waals surface area contributed by atoms with Crippen LogP contribution in [-0.2, 0) is 0 Å². The van der Waals surface area contributed by atoms with E-state index in [1.54, 1.807) is 12.1 Å². The Morgan fingerprint density at radius 3 is 2.88 bits per heavy atom. The number of hydrogen-bond acceptors (Lipinski definition) is 7. The van der Waals surface area contributed by atoms with Crippen LogP contribution in [0.3, 0.4) is 0 Å². The summed E-state index contributed by atoms with van der Waals surface area (Å²) in [6.45, 7) is 2.36. The Morgan fingerprint density at radius 1 is 1.18 bits per heavy atom. The van der Waals surface area contributed by atoms with Gasteiger partial charge in [-0.05, 0) is 43.4 Å². The predicted molar refractivity (Wildman–Crippen MR) is 130 cm³/mol. The lowest BCUT2D eigenvalue weighted by Crippen LogP contribution is -2.45. The Kier molecular flexibility index (Phi) is 4.88. The molecule has 2 amide bonds. The highest BCUT2D eigenvalue weighted by atomic mass is 32.1. The Bertz CT molecular complexity index is 1430. The Morgan fingerprint density at radius 2 is 2.03 bits per heavy atom. The third-order valence-corrected chi connectivity index (χ3v) is 7.60. The number of anilines is 1. The number of amides is 2. The molecule has 4 aromatic rings. The third kappa shape index (κ3) is 3.52. The number of rotatable bonds is 5. The molecule has 0 unspecified atom stereocenters. The predicted octanol–water partition coefficient (Wildman–Crippen LogP) is 3.87. The molecular formula is C25H23N5O3S. The van der Waals surface area contributed by atoms with Gasteiger partial charge in [0.15, 0.2) is 16.4 Å². The summed E-state index contributed by atoms with van der Waals surface area (Å²) in [6.07, 6.45) is 1.85. The van der Waals surface area contributed by atoms with E-state index in [0.717, 1.165) is 28.8 Å². The molecule has 2 aromatic carbocycles. The zero-order valence-electron chi connectivity index (χ0n) is 18.5. The first kappa shape index (κ1) is 20.9. The lowest BCUT2D eigenvalue weighted by Gasteiger charge is -2.27. The van der Waals surface area contributed by atoms with Crippen molar-refractivity contribution in [2.24, 2.45) is 5.92 Å². The van der Waals surface area contributed by atoms with Gasteiger partial charge in [-0.15, -0.1) is 0 Å². The summed E-state index contributed by atoms with van der Waals surface area (Å²) >= 11 is 1.33. The second-order valence-electron chi connectivity index (χ2n) is 9.00. The Hall–Kier alpha value is -3.72. The molecule has 9 heteroatoms. The SMILES string of the molecule is Cc1cccc(-c2sc(N)nc2C(=O)N2[C@H](CNC(=O)c3noc4ccccc34)C[C@@H]3C[C@@H]32)c1. The van der Waals surface area contributed by atoms with Crippen LogP contribution < -0.4 is 11.1 Å². The lowest BCUT2D eigenvalue weighted by molar-refractivity contribution is 0.0684. The number of nitrogens with zero attached hydrogens (tertiary/aromatic N) is 3.